The molecule has 0 aromatic heterocycles. The Labute approximate surface area is 81.3 Å². The molecule has 0 amide bonds. The molecule has 4 heteroatoms. The molecule has 0 aliphatic heterocycles. The van der Waals surface area contributed by atoms with Crippen LogP contribution in [-0.4, -0.2) is 22.1 Å². The summed E-state index contributed by atoms with van der Waals surface area (Å²) in [5.41, 5.74) is 0. The second kappa shape index (κ2) is 4.33. The molecule has 0 aliphatic rings. The summed E-state index contributed by atoms with van der Waals surface area (Å²) >= 11 is 0. The number of hydrogen-bond acceptors (Lipinski definition) is 4. The molecule has 0 fully saturated rings. The number of rotatable bonds is 5. The van der Waals surface area contributed by atoms with Crippen LogP contribution in [0.4, 0.5) is 0 Å². The van der Waals surface area contributed by atoms with Crippen LogP contribution in [0, 0.1) is 0 Å². The minimum atomic E-state index is -0.412. The van der Waals surface area contributed by atoms with Gasteiger partial charge in [-0.3, -0.25) is 0 Å². The Morgan fingerprint density at radius 3 is 1.25 bits per heavy atom. The van der Waals surface area contributed by atoms with Crippen molar-refractivity contribution in [1.29, 1.82) is 0 Å². The maximum Gasteiger partial charge on any atom is 0.136 e. The topological polar surface area (TPSA) is 34.1 Å². The molecule has 0 radical (unpaired) electrons. The zero-order valence-corrected chi connectivity index (χ0v) is 9.42. The summed E-state index contributed by atoms with van der Waals surface area (Å²) in [4.78, 5) is 21.0. The van der Waals surface area contributed by atoms with Gasteiger partial charge in [-0.2, -0.15) is 0 Å². The van der Waals surface area contributed by atoms with Gasteiger partial charge in [0.2, 0.25) is 0 Å². The Bertz CT molecular complexity index is 156. The first-order valence-electron chi connectivity index (χ1n) is 3.62. The first kappa shape index (κ1) is 12.0. The lowest BCUT2D eigenvalue weighted by atomic mass is 10.2. The highest BCUT2D eigenvalue weighted by Gasteiger charge is 2.24. The fraction of sp³-hybridized carbons (Fsp3) is 0.750. The summed E-state index contributed by atoms with van der Waals surface area (Å²) in [5.74, 6) is 0. The van der Waals surface area contributed by atoms with Crippen LogP contribution in [0.25, 0.3) is 0 Å². The molecular weight excluding hydrogens is 192 g/mol. The van der Waals surface area contributed by atoms with E-state index in [0.717, 1.165) is 12.6 Å². The lowest BCUT2D eigenvalue weighted by Crippen LogP contribution is -2.20. The maximum absolute atomic E-state index is 10.5. The predicted octanol–water partition coefficient (Wildman–Crippen LogP) is 2.32. The Morgan fingerprint density at radius 1 is 0.833 bits per heavy atom. The van der Waals surface area contributed by atoms with E-state index in [4.69, 9.17) is 0 Å². The van der Waals surface area contributed by atoms with Crippen LogP contribution in [-0.2, 0) is 9.59 Å². The average Bonchev–Trinajstić information content (AvgIpc) is 2.02. The summed E-state index contributed by atoms with van der Waals surface area (Å²) in [6, 6.07) is 0. The molecule has 0 atom stereocenters. The van der Waals surface area contributed by atoms with Crippen molar-refractivity contribution >= 4 is 34.2 Å². The van der Waals surface area contributed by atoms with Gasteiger partial charge in [-0.15, -0.1) is 0 Å². The Hall–Kier alpha value is 0.0400. The third-order valence-corrected chi connectivity index (χ3v) is 5.00. The van der Waals surface area contributed by atoms with Crippen molar-refractivity contribution in [3.63, 3.8) is 0 Å². The van der Waals surface area contributed by atoms with Gasteiger partial charge in [0.1, 0.15) is 12.6 Å². The zero-order chi connectivity index (χ0) is 9.83. The van der Waals surface area contributed by atoms with Gasteiger partial charge >= 0.3 is 0 Å². The van der Waals surface area contributed by atoms with Gasteiger partial charge in [-0.05, 0) is 27.7 Å². The molecule has 0 aromatic rings. The third kappa shape index (κ3) is 4.83. The largest absolute Gasteiger partial charge is 0.302 e. The van der Waals surface area contributed by atoms with E-state index >= 15 is 0 Å². The summed E-state index contributed by atoms with van der Waals surface area (Å²) in [6.45, 7) is 7.33. The van der Waals surface area contributed by atoms with Crippen molar-refractivity contribution in [2.45, 2.75) is 37.2 Å². The van der Waals surface area contributed by atoms with Gasteiger partial charge in [0.25, 0.3) is 0 Å². The molecule has 12 heavy (non-hydrogen) atoms. The van der Waals surface area contributed by atoms with Crippen molar-refractivity contribution in [3.05, 3.63) is 0 Å². The highest BCUT2D eigenvalue weighted by atomic mass is 33.1. The summed E-state index contributed by atoms with van der Waals surface area (Å²) in [5, 5.41) is 0. The van der Waals surface area contributed by atoms with Crippen LogP contribution < -0.4 is 0 Å². The molecule has 0 bridgehead atoms. The molecule has 2 nitrogen and oxygen atoms in total. The van der Waals surface area contributed by atoms with Crippen molar-refractivity contribution < 1.29 is 9.59 Å². The first-order chi connectivity index (χ1) is 5.33. The van der Waals surface area contributed by atoms with Gasteiger partial charge in [0.15, 0.2) is 0 Å². The predicted molar refractivity (Wildman–Crippen MR) is 55.5 cm³/mol. The monoisotopic (exact) mass is 206 g/mol. The van der Waals surface area contributed by atoms with Crippen LogP contribution in [0.3, 0.4) is 0 Å². The summed E-state index contributed by atoms with van der Waals surface area (Å²) in [7, 11) is 2.86. The number of aldehydes is 2. The van der Waals surface area contributed by atoms with Gasteiger partial charge in [-0.25, -0.2) is 0 Å². The van der Waals surface area contributed by atoms with E-state index in [1.54, 1.807) is 0 Å². The van der Waals surface area contributed by atoms with E-state index < -0.39 is 9.49 Å². The molecule has 0 heterocycles. The Kier molecular flexibility index (Phi) is 4.34. The highest BCUT2D eigenvalue weighted by Crippen LogP contribution is 2.41. The van der Waals surface area contributed by atoms with Crippen LogP contribution in [0.2, 0.25) is 0 Å². The third-order valence-electron chi connectivity index (χ3n) is 1.04. The molecule has 0 aromatic carbocycles. The Balaban J connectivity index is 3.98. The molecule has 0 spiro atoms. The normalized spacial score (nSPS) is 12.7. The van der Waals surface area contributed by atoms with Gasteiger partial charge in [0.05, 0.1) is 9.49 Å². The van der Waals surface area contributed by atoms with Gasteiger partial charge in [-0.1, -0.05) is 21.6 Å². The SMILES string of the molecule is CC(C)(C=O)SSC(C)(C)C=O. The van der Waals surface area contributed by atoms with Crippen LogP contribution >= 0.6 is 21.6 Å². The van der Waals surface area contributed by atoms with E-state index in [2.05, 4.69) is 0 Å². The molecule has 0 unspecified atom stereocenters. The van der Waals surface area contributed by atoms with Crippen molar-refractivity contribution in [2.75, 3.05) is 0 Å². The zero-order valence-electron chi connectivity index (χ0n) is 7.79. The van der Waals surface area contributed by atoms with E-state index in [-0.39, 0.29) is 0 Å². The molecular formula is C8H14O2S2. The molecule has 0 saturated carbocycles. The summed E-state index contributed by atoms with van der Waals surface area (Å²) in [6.07, 6.45) is 1.79. The van der Waals surface area contributed by atoms with E-state index in [1.807, 2.05) is 27.7 Å². The van der Waals surface area contributed by atoms with E-state index in [0.29, 0.717) is 0 Å². The molecule has 70 valence electrons. The number of carbonyl (C=O) groups is 2. The molecule has 0 saturated heterocycles. The van der Waals surface area contributed by atoms with Gasteiger partial charge < -0.3 is 9.59 Å². The fourth-order valence-corrected chi connectivity index (χ4v) is 2.29. The lowest BCUT2D eigenvalue weighted by Gasteiger charge is -2.21. The maximum atomic E-state index is 10.5. The quantitative estimate of drug-likeness (QED) is 0.510. The van der Waals surface area contributed by atoms with Crippen molar-refractivity contribution in [2.24, 2.45) is 0 Å². The second-order valence-electron chi connectivity index (χ2n) is 3.61. The second-order valence-corrected chi connectivity index (χ2v) is 7.05. The molecule has 0 aliphatic carbocycles. The fourth-order valence-electron chi connectivity index (χ4n) is 0.254. The van der Waals surface area contributed by atoms with Crippen LogP contribution in [0.5, 0.6) is 0 Å². The van der Waals surface area contributed by atoms with Crippen LogP contribution in [0.1, 0.15) is 27.7 Å². The standard InChI is InChI=1S/C8H14O2S2/c1-7(2,5-9)11-12-8(3,4)6-10/h5-6H,1-4H3. The van der Waals surface area contributed by atoms with E-state index in [1.165, 1.54) is 21.6 Å². The number of hydrogen-bond donors (Lipinski definition) is 0. The van der Waals surface area contributed by atoms with Crippen LogP contribution in [0.15, 0.2) is 0 Å². The highest BCUT2D eigenvalue weighted by molar-refractivity contribution is 8.78. The smallest absolute Gasteiger partial charge is 0.136 e. The Morgan fingerprint density at radius 2 is 1.08 bits per heavy atom. The van der Waals surface area contributed by atoms with Crippen molar-refractivity contribution in [1.82, 2.24) is 0 Å². The van der Waals surface area contributed by atoms with Gasteiger partial charge in [0, 0.05) is 0 Å². The molecule has 0 N–H and O–H groups in total. The minimum Gasteiger partial charge on any atom is -0.302 e. The molecule has 0 rings (SSSR count). The average molecular weight is 206 g/mol. The first-order valence-corrected chi connectivity index (χ1v) is 5.77. The lowest BCUT2D eigenvalue weighted by molar-refractivity contribution is -0.109. The van der Waals surface area contributed by atoms with E-state index in [9.17, 15) is 9.59 Å². The van der Waals surface area contributed by atoms with Crippen molar-refractivity contribution in [3.8, 4) is 0 Å². The minimum absolute atomic E-state index is 0.412. The summed E-state index contributed by atoms with van der Waals surface area (Å²) < 4.78 is -0.824. The number of carbonyl (C=O) groups excluding carboxylic acids is 2.